The minimum Gasteiger partial charge on any atom is -0.282 e. The van der Waals surface area contributed by atoms with Crippen molar-refractivity contribution in [2.75, 3.05) is 13.2 Å². The number of alkyl halides is 24. The Kier molecular flexibility index (Phi) is 13.4. The third kappa shape index (κ3) is 8.10. The molecule has 348 valence electrons. The van der Waals surface area contributed by atoms with E-state index in [1.54, 1.807) is 0 Å². The van der Waals surface area contributed by atoms with Crippen molar-refractivity contribution in [1.29, 1.82) is 0 Å². The molecule has 0 fully saturated rings. The van der Waals surface area contributed by atoms with Gasteiger partial charge in [-0.2, -0.15) is 113 Å². The number of fused-ring (bicyclic) bond motifs is 1. The van der Waals surface area contributed by atoms with Crippen LogP contribution >= 0.6 is 0 Å². The van der Waals surface area contributed by atoms with E-state index in [2.05, 4.69) is 8.37 Å². The van der Waals surface area contributed by atoms with E-state index in [0.717, 1.165) is 0 Å². The minimum atomic E-state index is -8.40. The van der Waals surface area contributed by atoms with Crippen LogP contribution in [0.15, 0.2) is 45.0 Å². The van der Waals surface area contributed by atoms with Crippen LogP contribution in [0.25, 0.3) is 10.8 Å². The maximum absolute atomic E-state index is 14.4. The molecule has 0 heterocycles. The number of rotatable bonds is 19. The van der Waals surface area contributed by atoms with Crippen molar-refractivity contribution in [3.8, 4) is 0 Å². The molecule has 0 aliphatic carbocycles. The Morgan fingerprint density at radius 1 is 0.483 bits per heavy atom. The van der Waals surface area contributed by atoms with Crippen molar-refractivity contribution in [2.45, 2.75) is 86.8 Å². The van der Waals surface area contributed by atoms with Crippen LogP contribution in [0, 0.1) is 0 Å². The van der Waals surface area contributed by atoms with Crippen LogP contribution in [0.1, 0.15) is 0 Å². The summed E-state index contributed by atoms with van der Waals surface area (Å²) in [5, 5.41) is -2.91. The summed E-state index contributed by atoms with van der Waals surface area (Å²) in [4.78, 5) is -8.82. The van der Waals surface area contributed by atoms with Gasteiger partial charge in [-0.1, -0.05) is 24.3 Å². The monoisotopic (exact) mass is 996 g/mol. The molecule has 0 aliphatic rings. The molecule has 0 saturated heterocycles. The van der Waals surface area contributed by atoms with Crippen molar-refractivity contribution < 1.29 is 144 Å². The molecule has 0 spiro atoms. The number of hydrogen-bond acceptors (Lipinski definition) is 8. The van der Waals surface area contributed by atoms with Gasteiger partial charge in [0.05, 0.1) is 0 Å². The Hall–Kier alpha value is -3.25. The van der Waals surface area contributed by atoms with Crippen LogP contribution in [0.2, 0.25) is 0 Å². The van der Waals surface area contributed by atoms with Crippen molar-refractivity contribution in [3.63, 3.8) is 0 Å². The van der Waals surface area contributed by atoms with E-state index in [1.165, 1.54) is 0 Å². The molecular weight excluding hydrogens is 984 g/mol. The number of benzene rings is 2. The molecule has 0 unspecified atom stereocenters. The second kappa shape index (κ2) is 15.2. The highest BCUT2D eigenvalue weighted by Crippen LogP contribution is 2.60. The van der Waals surface area contributed by atoms with Crippen molar-refractivity contribution in [1.82, 2.24) is 0 Å². The quantitative estimate of drug-likeness (QED) is 0.0835. The van der Waals surface area contributed by atoms with Crippen molar-refractivity contribution in [3.05, 3.63) is 30.3 Å². The van der Waals surface area contributed by atoms with Crippen LogP contribution in [-0.2, 0) is 38.7 Å². The maximum Gasteiger partial charge on any atom is 0.384 e. The van der Waals surface area contributed by atoms with E-state index in [4.69, 9.17) is 0 Å². The van der Waals surface area contributed by atoms with Gasteiger partial charge in [-0.15, -0.1) is 0 Å². The summed E-state index contributed by atoms with van der Waals surface area (Å²) in [5.74, 6) is -79.6. The molecule has 60 heavy (non-hydrogen) atoms. The second-order valence-electron chi connectivity index (χ2n) is 11.4. The van der Waals surface area contributed by atoms with Gasteiger partial charge < -0.3 is 0 Å². The lowest BCUT2D eigenvalue weighted by Gasteiger charge is -2.39. The molecule has 0 aromatic heterocycles. The van der Waals surface area contributed by atoms with Gasteiger partial charge in [0.1, 0.15) is 27.9 Å². The smallest absolute Gasteiger partial charge is 0.282 e. The fraction of sp³-hybridized carbons (Fsp3) is 0.583. The normalized spacial score (nSPS) is 15.7. The van der Waals surface area contributed by atoms with Crippen LogP contribution in [0.3, 0.4) is 0 Å². The molecule has 2 aromatic carbocycles. The Morgan fingerprint density at radius 2 is 0.800 bits per heavy atom. The van der Waals surface area contributed by atoms with E-state index < -0.39 is 141 Å². The summed E-state index contributed by atoms with van der Waals surface area (Å²) in [5.41, 5.74) is 0. The molecule has 1 N–H and O–H groups in total. The van der Waals surface area contributed by atoms with Gasteiger partial charge in [0.2, 0.25) is 0 Å². The highest BCUT2D eigenvalue weighted by Gasteiger charge is 2.89. The maximum atomic E-state index is 14.4. The number of hydrogen-bond donors (Lipinski definition) is 1. The third-order valence-corrected chi connectivity index (χ3v) is 11.2. The van der Waals surface area contributed by atoms with Crippen LogP contribution in [-0.4, -0.2) is 115 Å². The van der Waals surface area contributed by atoms with Gasteiger partial charge >= 0.3 is 72.1 Å². The zero-order valence-electron chi connectivity index (χ0n) is 27.0. The predicted molar refractivity (Wildman–Crippen MR) is 142 cm³/mol. The minimum absolute atomic E-state index is 0.0980. The first-order valence-corrected chi connectivity index (χ1v) is 18.1. The predicted octanol–water partition coefficient (Wildman–Crippen LogP) is 8.38. The van der Waals surface area contributed by atoms with Gasteiger partial charge in [0, 0.05) is 5.39 Å². The van der Waals surface area contributed by atoms with Gasteiger partial charge in [-0.05, 0) is 11.5 Å². The molecule has 0 radical (unpaired) electrons. The summed E-state index contributed by atoms with van der Waals surface area (Å²) in [6, 6.07) is 1.25. The largest absolute Gasteiger partial charge is 0.384 e. The van der Waals surface area contributed by atoms with Gasteiger partial charge in [-0.25, -0.2) is 17.6 Å². The van der Waals surface area contributed by atoms with Crippen LogP contribution in [0.5, 0.6) is 0 Å². The fourth-order valence-electron chi connectivity index (χ4n) is 4.10. The Labute approximate surface area is 315 Å². The molecule has 0 aliphatic heterocycles. The zero-order valence-corrected chi connectivity index (χ0v) is 29.4. The standard InChI is InChI=1S/C24H12F24O9S3/c25-13(26)17(33,34)21(41,42)23(45,46)19(37,38)15(29,30)6-56-59(52,53)11-9-4-2-1-3-8(9)5-10(58(49,50)51)12(11)60(54,55)57-7-16(31,32)20(39,40)24(47,48)22(43,44)18(35,36)14(27)28/h1-5,13-14H,6-7H2,(H,49,50,51). The Morgan fingerprint density at radius 3 is 1.12 bits per heavy atom. The van der Waals surface area contributed by atoms with Gasteiger partial charge in [0.15, 0.2) is 0 Å². The lowest BCUT2D eigenvalue weighted by molar-refractivity contribution is -0.414. The summed E-state index contributed by atoms with van der Waals surface area (Å²) < 4.78 is 418. The topological polar surface area (TPSA) is 141 Å². The van der Waals surface area contributed by atoms with E-state index in [1.807, 2.05) is 0 Å². The Balaban J connectivity index is 2.89. The SMILES string of the molecule is O=S(=O)(O)c1cc2ccccc2c(S(=O)(=O)OCC(F)(F)C(F)(F)C(F)(F)C(F)(F)C(F)(F)C(F)F)c1S(=O)(=O)OCC(F)(F)C(F)(F)C(F)(F)C(F)(F)C(F)(F)C(F)F. The van der Waals surface area contributed by atoms with E-state index in [-0.39, 0.29) is 12.1 Å². The molecule has 9 nitrogen and oxygen atoms in total. The fourth-order valence-corrected chi connectivity index (χ4v) is 8.28. The van der Waals surface area contributed by atoms with Gasteiger partial charge in [0.25, 0.3) is 30.4 Å². The van der Waals surface area contributed by atoms with Crippen LogP contribution < -0.4 is 0 Å². The van der Waals surface area contributed by atoms with Crippen molar-refractivity contribution in [2.24, 2.45) is 0 Å². The van der Waals surface area contributed by atoms with Crippen LogP contribution in [0.4, 0.5) is 105 Å². The molecule has 2 aromatic rings. The third-order valence-electron chi connectivity index (χ3n) is 7.37. The van der Waals surface area contributed by atoms with E-state index in [0.29, 0.717) is 18.2 Å². The zero-order chi connectivity index (χ0) is 47.9. The second-order valence-corrected chi connectivity index (χ2v) is 15.9. The van der Waals surface area contributed by atoms with E-state index >= 15 is 0 Å². The molecular formula is C24H12F24O9S3. The average Bonchev–Trinajstić information content (AvgIpc) is 3.07. The molecule has 36 heteroatoms. The molecule has 0 atom stereocenters. The summed E-state index contributed by atoms with van der Waals surface area (Å²) in [6.45, 7) is -8.43. The van der Waals surface area contributed by atoms with Crippen molar-refractivity contribution >= 4 is 41.1 Å². The highest BCUT2D eigenvalue weighted by molar-refractivity contribution is 7.91. The summed E-state index contributed by atoms with van der Waals surface area (Å²) in [6.07, 6.45) is -12.1. The van der Waals surface area contributed by atoms with Gasteiger partial charge in [-0.3, -0.25) is 12.9 Å². The average molecular weight is 997 g/mol. The lowest BCUT2D eigenvalue weighted by atomic mass is 9.95. The highest BCUT2D eigenvalue weighted by atomic mass is 32.2. The molecule has 2 rings (SSSR count). The summed E-state index contributed by atoms with van der Waals surface area (Å²) in [7, 11) is -21.4. The number of halogens is 24. The summed E-state index contributed by atoms with van der Waals surface area (Å²) >= 11 is 0. The first-order valence-electron chi connectivity index (χ1n) is 13.8. The Bertz CT molecular complexity index is 2280. The molecule has 0 amide bonds. The molecule has 0 saturated carbocycles. The first-order chi connectivity index (χ1) is 26.1. The van der Waals surface area contributed by atoms with E-state index in [9.17, 15) is 135 Å². The first kappa shape index (κ1) is 52.9. The lowest BCUT2D eigenvalue weighted by Crippen LogP contribution is -2.69. The molecule has 0 bridgehead atoms.